The molecule has 4 nitrogen and oxygen atoms in total. The number of benzene rings is 1. The van der Waals surface area contributed by atoms with Gasteiger partial charge in [-0.15, -0.1) is 0 Å². The summed E-state index contributed by atoms with van der Waals surface area (Å²) < 4.78 is 0. The zero-order valence-electron chi connectivity index (χ0n) is 12.5. The third kappa shape index (κ3) is 4.90. The Balaban J connectivity index is 2.91. The number of likely N-dealkylation sites (N-methyl/N-ethyl adjacent to an activating group) is 1. The topological polar surface area (TPSA) is 40.6 Å². The summed E-state index contributed by atoms with van der Waals surface area (Å²) in [5, 5.41) is 0.630. The summed E-state index contributed by atoms with van der Waals surface area (Å²) in [6.45, 7) is 4.09. The molecule has 1 aromatic carbocycles. The van der Waals surface area contributed by atoms with Crippen LogP contribution in [-0.4, -0.2) is 36.9 Å². The minimum atomic E-state index is -0.253. The van der Waals surface area contributed by atoms with Crippen molar-refractivity contribution in [2.75, 3.05) is 25.0 Å². The average Bonchev–Trinajstić information content (AvgIpc) is 2.44. The predicted octanol–water partition coefficient (Wildman–Crippen LogP) is 3.60. The van der Waals surface area contributed by atoms with Gasteiger partial charge in [-0.25, -0.2) is 0 Å². The smallest absolute Gasteiger partial charge is 0.242 e. The lowest BCUT2D eigenvalue weighted by atomic mass is 10.2. The standard InChI is InChI=1S/C15H20Cl2N2O2/c1-4-5-9-18(3)14(21)10-19(11(2)20)13-8-6-7-12(16)15(13)17/h6-8H,4-5,9-10H2,1-3H3. The van der Waals surface area contributed by atoms with Crippen molar-refractivity contribution in [1.82, 2.24) is 4.90 Å². The third-order valence-electron chi connectivity index (χ3n) is 3.17. The van der Waals surface area contributed by atoms with E-state index in [1.165, 1.54) is 11.8 Å². The maximum Gasteiger partial charge on any atom is 0.242 e. The molecule has 0 spiro atoms. The Labute approximate surface area is 135 Å². The fourth-order valence-corrected chi connectivity index (χ4v) is 2.24. The third-order valence-corrected chi connectivity index (χ3v) is 3.98. The highest BCUT2D eigenvalue weighted by atomic mass is 35.5. The minimum Gasteiger partial charge on any atom is -0.344 e. The molecule has 0 heterocycles. The van der Waals surface area contributed by atoms with Gasteiger partial charge >= 0.3 is 0 Å². The van der Waals surface area contributed by atoms with Gasteiger partial charge in [-0.3, -0.25) is 9.59 Å². The lowest BCUT2D eigenvalue weighted by Gasteiger charge is -2.25. The first-order valence-electron chi connectivity index (χ1n) is 6.84. The number of carbonyl (C=O) groups is 2. The Hall–Kier alpha value is -1.26. The Morgan fingerprint density at radius 3 is 2.48 bits per heavy atom. The van der Waals surface area contributed by atoms with Gasteiger partial charge in [0.05, 0.1) is 15.7 Å². The molecule has 2 amide bonds. The second kappa shape index (κ2) is 8.25. The number of halogens is 2. The van der Waals surface area contributed by atoms with Gasteiger partial charge in [0.25, 0.3) is 0 Å². The van der Waals surface area contributed by atoms with E-state index in [1.807, 2.05) is 0 Å². The molecule has 6 heteroatoms. The Kier molecular flexibility index (Phi) is 6.99. The summed E-state index contributed by atoms with van der Waals surface area (Å²) in [6.07, 6.45) is 1.94. The van der Waals surface area contributed by atoms with Crippen LogP contribution in [0.2, 0.25) is 10.0 Å². The van der Waals surface area contributed by atoms with Gasteiger partial charge in [0.15, 0.2) is 0 Å². The summed E-state index contributed by atoms with van der Waals surface area (Å²) in [6, 6.07) is 5.01. The molecule has 0 aromatic heterocycles. The van der Waals surface area contributed by atoms with Crippen molar-refractivity contribution >= 4 is 40.7 Å². The quantitative estimate of drug-likeness (QED) is 0.799. The molecule has 0 saturated heterocycles. The van der Waals surface area contributed by atoms with Crippen LogP contribution < -0.4 is 4.90 Å². The molecule has 1 aromatic rings. The van der Waals surface area contributed by atoms with Crippen molar-refractivity contribution in [1.29, 1.82) is 0 Å². The van der Waals surface area contributed by atoms with Crippen LogP contribution in [0.1, 0.15) is 26.7 Å². The molecule has 0 atom stereocenters. The number of hydrogen-bond donors (Lipinski definition) is 0. The van der Waals surface area contributed by atoms with Crippen LogP contribution in [-0.2, 0) is 9.59 Å². The van der Waals surface area contributed by atoms with E-state index < -0.39 is 0 Å². The second-order valence-electron chi connectivity index (χ2n) is 4.85. The van der Waals surface area contributed by atoms with E-state index in [4.69, 9.17) is 23.2 Å². The molecular weight excluding hydrogens is 311 g/mol. The van der Waals surface area contributed by atoms with Crippen LogP contribution in [0, 0.1) is 0 Å². The number of carbonyl (C=O) groups excluding carboxylic acids is 2. The van der Waals surface area contributed by atoms with Gasteiger partial charge in [-0.1, -0.05) is 42.6 Å². The highest BCUT2D eigenvalue weighted by Gasteiger charge is 2.21. The zero-order chi connectivity index (χ0) is 16.0. The fourth-order valence-electron chi connectivity index (χ4n) is 1.84. The molecule has 21 heavy (non-hydrogen) atoms. The number of hydrogen-bond acceptors (Lipinski definition) is 2. The number of amides is 2. The van der Waals surface area contributed by atoms with Crippen LogP contribution in [0.15, 0.2) is 18.2 Å². The summed E-state index contributed by atoms with van der Waals surface area (Å²) in [5.74, 6) is -0.383. The molecule has 116 valence electrons. The van der Waals surface area contributed by atoms with Crippen LogP contribution >= 0.6 is 23.2 Å². The van der Waals surface area contributed by atoms with Crippen molar-refractivity contribution < 1.29 is 9.59 Å². The molecule has 0 aliphatic carbocycles. The highest BCUT2D eigenvalue weighted by molar-refractivity contribution is 6.44. The van der Waals surface area contributed by atoms with Gasteiger partial charge in [-0.2, -0.15) is 0 Å². The zero-order valence-corrected chi connectivity index (χ0v) is 14.0. The van der Waals surface area contributed by atoms with Crippen molar-refractivity contribution in [2.24, 2.45) is 0 Å². The molecule has 0 radical (unpaired) electrons. The maximum atomic E-state index is 12.2. The second-order valence-corrected chi connectivity index (χ2v) is 5.63. The first-order chi connectivity index (χ1) is 9.88. The predicted molar refractivity (Wildman–Crippen MR) is 87.0 cm³/mol. The summed E-state index contributed by atoms with van der Waals surface area (Å²) >= 11 is 12.1. The van der Waals surface area contributed by atoms with Crippen molar-refractivity contribution in [3.63, 3.8) is 0 Å². The van der Waals surface area contributed by atoms with Crippen LogP contribution in [0.3, 0.4) is 0 Å². The maximum absolute atomic E-state index is 12.2. The van der Waals surface area contributed by atoms with Gasteiger partial charge in [0.2, 0.25) is 11.8 Å². The van der Waals surface area contributed by atoms with Crippen LogP contribution in [0.4, 0.5) is 5.69 Å². The lowest BCUT2D eigenvalue weighted by Crippen LogP contribution is -2.41. The first kappa shape index (κ1) is 17.8. The Morgan fingerprint density at radius 2 is 1.90 bits per heavy atom. The molecule has 0 aliphatic rings. The largest absolute Gasteiger partial charge is 0.344 e. The summed E-state index contributed by atoms with van der Waals surface area (Å²) in [4.78, 5) is 27.0. The van der Waals surface area contributed by atoms with Crippen LogP contribution in [0.5, 0.6) is 0 Å². The van der Waals surface area contributed by atoms with E-state index in [1.54, 1.807) is 30.1 Å². The molecular formula is C15H20Cl2N2O2. The highest BCUT2D eigenvalue weighted by Crippen LogP contribution is 2.32. The van der Waals surface area contributed by atoms with E-state index in [-0.39, 0.29) is 23.4 Å². The number of anilines is 1. The average molecular weight is 331 g/mol. The van der Waals surface area contributed by atoms with E-state index in [9.17, 15) is 9.59 Å². The number of nitrogens with zero attached hydrogens (tertiary/aromatic N) is 2. The summed E-state index contributed by atoms with van der Waals surface area (Å²) in [7, 11) is 1.73. The molecule has 0 bridgehead atoms. The van der Waals surface area contributed by atoms with E-state index in [0.29, 0.717) is 17.3 Å². The minimum absolute atomic E-state index is 0.0460. The normalized spacial score (nSPS) is 10.3. The number of unbranched alkanes of at least 4 members (excludes halogenated alkanes) is 1. The lowest BCUT2D eigenvalue weighted by molar-refractivity contribution is -0.130. The molecule has 0 unspecified atom stereocenters. The Bertz CT molecular complexity index is 520. The SMILES string of the molecule is CCCCN(C)C(=O)CN(C(C)=O)c1cccc(Cl)c1Cl. The van der Waals surface area contributed by atoms with Crippen molar-refractivity contribution in [3.8, 4) is 0 Å². The van der Waals surface area contributed by atoms with Crippen molar-refractivity contribution in [3.05, 3.63) is 28.2 Å². The van der Waals surface area contributed by atoms with Gasteiger partial charge < -0.3 is 9.80 Å². The first-order valence-corrected chi connectivity index (χ1v) is 7.60. The van der Waals surface area contributed by atoms with Gasteiger partial charge in [0, 0.05) is 20.5 Å². The Morgan fingerprint density at radius 1 is 1.24 bits per heavy atom. The molecule has 0 saturated carbocycles. The molecule has 1 rings (SSSR count). The monoisotopic (exact) mass is 330 g/mol. The molecule has 0 N–H and O–H groups in total. The molecule has 0 fully saturated rings. The fraction of sp³-hybridized carbons (Fsp3) is 0.467. The van der Waals surface area contributed by atoms with E-state index in [0.717, 1.165) is 12.8 Å². The number of rotatable bonds is 6. The van der Waals surface area contributed by atoms with Crippen molar-refractivity contribution in [2.45, 2.75) is 26.7 Å². The van der Waals surface area contributed by atoms with Crippen LogP contribution in [0.25, 0.3) is 0 Å². The molecule has 0 aliphatic heterocycles. The van der Waals surface area contributed by atoms with E-state index >= 15 is 0 Å². The van der Waals surface area contributed by atoms with Gasteiger partial charge in [-0.05, 0) is 18.6 Å². The van der Waals surface area contributed by atoms with E-state index in [2.05, 4.69) is 6.92 Å². The summed E-state index contributed by atoms with van der Waals surface area (Å²) in [5.41, 5.74) is 0.453. The van der Waals surface area contributed by atoms with Gasteiger partial charge in [0.1, 0.15) is 6.54 Å².